The summed E-state index contributed by atoms with van der Waals surface area (Å²) >= 11 is 1.19. The van der Waals surface area contributed by atoms with E-state index in [1.165, 1.54) is 23.5 Å². The summed E-state index contributed by atoms with van der Waals surface area (Å²) in [5, 5.41) is 6.01. The smallest absolute Gasteiger partial charge is 0.263 e. The average molecular weight is 426 g/mol. The van der Waals surface area contributed by atoms with Crippen molar-refractivity contribution in [1.29, 1.82) is 0 Å². The van der Waals surface area contributed by atoms with Gasteiger partial charge in [0.1, 0.15) is 17.2 Å². The molecule has 0 saturated carbocycles. The lowest BCUT2D eigenvalue weighted by atomic mass is 10.1. The Morgan fingerprint density at radius 1 is 1.40 bits per heavy atom. The van der Waals surface area contributed by atoms with Gasteiger partial charge in [-0.15, -0.1) is 6.42 Å². The predicted molar refractivity (Wildman–Crippen MR) is 116 cm³/mol. The van der Waals surface area contributed by atoms with Crippen molar-refractivity contribution in [2.24, 2.45) is 0 Å². The molecule has 2 heterocycles. The Morgan fingerprint density at radius 3 is 2.87 bits per heavy atom. The van der Waals surface area contributed by atoms with Crippen LogP contribution in [0.25, 0.3) is 10.2 Å². The van der Waals surface area contributed by atoms with Gasteiger partial charge in [-0.1, -0.05) is 30.2 Å². The highest BCUT2D eigenvalue weighted by molar-refractivity contribution is 7.22. The summed E-state index contributed by atoms with van der Waals surface area (Å²) in [6, 6.07) is 7.94. The van der Waals surface area contributed by atoms with E-state index in [4.69, 9.17) is 6.42 Å². The van der Waals surface area contributed by atoms with E-state index >= 15 is 0 Å². The lowest BCUT2D eigenvalue weighted by molar-refractivity contribution is 0.101. The number of aromatic nitrogens is 1. The van der Waals surface area contributed by atoms with Crippen LogP contribution in [0.1, 0.15) is 29.3 Å². The van der Waals surface area contributed by atoms with Gasteiger partial charge >= 0.3 is 0 Å². The maximum atomic E-state index is 14.8. The van der Waals surface area contributed by atoms with Gasteiger partial charge < -0.3 is 10.2 Å². The molecule has 1 aliphatic heterocycles. The summed E-state index contributed by atoms with van der Waals surface area (Å²) in [5.41, 5.74) is 0.972. The molecule has 1 atom stereocenters. The monoisotopic (exact) mass is 426 g/mol. The largest absolute Gasteiger partial charge is 0.366 e. The number of nitrogens with zero attached hydrogens (tertiary/aromatic N) is 2. The highest BCUT2D eigenvalue weighted by atomic mass is 32.1. The topological polar surface area (TPSA) is 57.3 Å². The van der Waals surface area contributed by atoms with Crippen molar-refractivity contribution in [2.45, 2.75) is 19.4 Å². The fourth-order valence-electron chi connectivity index (χ4n) is 3.69. The minimum absolute atomic E-state index is 0.144. The van der Waals surface area contributed by atoms with E-state index in [9.17, 15) is 13.6 Å². The van der Waals surface area contributed by atoms with Crippen LogP contribution in [0.3, 0.4) is 0 Å². The number of amides is 1. The number of hydrogen-bond donors (Lipinski definition) is 2. The molecule has 2 N–H and O–H groups in total. The number of piperazine rings is 1. The molecule has 3 aromatic rings. The summed E-state index contributed by atoms with van der Waals surface area (Å²) in [6.07, 6.45) is 6.32. The first-order chi connectivity index (χ1) is 14.5. The minimum Gasteiger partial charge on any atom is -0.366 e. The third kappa shape index (κ3) is 3.74. The van der Waals surface area contributed by atoms with Crippen LogP contribution in [0.5, 0.6) is 0 Å². The number of halogens is 2. The Morgan fingerprint density at radius 2 is 2.17 bits per heavy atom. The zero-order valence-corrected chi connectivity index (χ0v) is 17.2. The van der Waals surface area contributed by atoms with Crippen LogP contribution in [0.15, 0.2) is 30.3 Å². The van der Waals surface area contributed by atoms with Gasteiger partial charge in [-0.25, -0.2) is 13.8 Å². The summed E-state index contributed by atoms with van der Waals surface area (Å²) in [7, 11) is 0. The lowest BCUT2D eigenvalue weighted by Gasteiger charge is -2.37. The highest BCUT2D eigenvalue weighted by Crippen LogP contribution is 2.30. The minimum atomic E-state index is -0.902. The molecule has 0 radical (unpaired) electrons. The van der Waals surface area contributed by atoms with Crippen molar-refractivity contribution in [3.8, 4) is 12.3 Å². The molecule has 0 spiro atoms. The second-order valence-electron chi connectivity index (χ2n) is 7.01. The number of carbonyl (C=O) groups is 1. The molecule has 1 fully saturated rings. The summed E-state index contributed by atoms with van der Waals surface area (Å²) in [4.78, 5) is 18.9. The maximum Gasteiger partial charge on any atom is 0.263 e. The molecule has 1 saturated heterocycles. The molecule has 2 aromatic carbocycles. The summed E-state index contributed by atoms with van der Waals surface area (Å²) in [5.74, 6) is -0.153. The van der Waals surface area contributed by atoms with Gasteiger partial charge in [0.05, 0.1) is 15.8 Å². The molecule has 8 heteroatoms. The van der Waals surface area contributed by atoms with Crippen LogP contribution >= 0.6 is 11.3 Å². The summed E-state index contributed by atoms with van der Waals surface area (Å²) < 4.78 is 30.4. The molecule has 30 heavy (non-hydrogen) atoms. The van der Waals surface area contributed by atoms with Gasteiger partial charge in [0, 0.05) is 31.4 Å². The first kappa shape index (κ1) is 20.3. The molecule has 0 bridgehead atoms. The molecule has 154 valence electrons. The van der Waals surface area contributed by atoms with Gasteiger partial charge in [-0.3, -0.25) is 10.1 Å². The van der Waals surface area contributed by atoms with Crippen molar-refractivity contribution in [3.05, 3.63) is 53.1 Å². The van der Waals surface area contributed by atoms with E-state index in [-0.39, 0.29) is 11.2 Å². The second kappa shape index (κ2) is 8.38. The quantitative estimate of drug-likeness (QED) is 0.620. The Labute approximate surface area is 177 Å². The predicted octanol–water partition coefficient (Wildman–Crippen LogP) is 4.00. The van der Waals surface area contributed by atoms with Gasteiger partial charge in [0.25, 0.3) is 5.91 Å². The van der Waals surface area contributed by atoms with Gasteiger partial charge in [0.2, 0.25) is 0 Å². The molecule has 1 amide bonds. The van der Waals surface area contributed by atoms with Crippen molar-refractivity contribution in [1.82, 2.24) is 10.3 Å². The Hall–Kier alpha value is -3.02. The van der Waals surface area contributed by atoms with Crippen LogP contribution in [0.2, 0.25) is 0 Å². The summed E-state index contributed by atoms with van der Waals surface area (Å²) in [6.45, 7) is 4.16. The van der Waals surface area contributed by atoms with Crippen LogP contribution < -0.4 is 15.5 Å². The fraction of sp³-hybridized carbons (Fsp3) is 0.273. The van der Waals surface area contributed by atoms with Crippen molar-refractivity contribution in [2.75, 3.05) is 29.9 Å². The number of nitrogens with one attached hydrogen (secondary N) is 2. The number of para-hydroxylation sites is 1. The highest BCUT2D eigenvalue weighted by Gasteiger charge is 2.25. The maximum absolute atomic E-state index is 14.8. The van der Waals surface area contributed by atoms with Gasteiger partial charge in [-0.05, 0) is 30.7 Å². The van der Waals surface area contributed by atoms with Gasteiger partial charge in [-0.2, -0.15) is 0 Å². The molecule has 1 unspecified atom stereocenters. The third-order valence-electron chi connectivity index (χ3n) is 5.20. The molecule has 1 aliphatic rings. The zero-order valence-electron chi connectivity index (χ0n) is 16.3. The van der Waals surface area contributed by atoms with Crippen LogP contribution in [-0.2, 0) is 0 Å². The number of carbonyl (C=O) groups excluding carboxylic acids is 1. The second-order valence-corrected chi connectivity index (χ2v) is 8.04. The number of rotatable bonds is 4. The molecule has 4 rings (SSSR count). The third-order valence-corrected chi connectivity index (χ3v) is 6.14. The van der Waals surface area contributed by atoms with E-state index < -0.39 is 23.1 Å². The molecular formula is C22H20F2N4OS. The number of benzene rings is 2. The van der Waals surface area contributed by atoms with E-state index in [0.717, 1.165) is 24.2 Å². The van der Waals surface area contributed by atoms with E-state index in [0.29, 0.717) is 23.3 Å². The van der Waals surface area contributed by atoms with Crippen molar-refractivity contribution >= 4 is 38.3 Å². The lowest BCUT2D eigenvalue weighted by Crippen LogP contribution is -2.51. The fourth-order valence-corrected chi connectivity index (χ4v) is 4.57. The van der Waals surface area contributed by atoms with Crippen molar-refractivity contribution < 1.29 is 13.6 Å². The van der Waals surface area contributed by atoms with Crippen molar-refractivity contribution in [3.63, 3.8) is 0 Å². The Bertz CT molecular complexity index is 1130. The van der Waals surface area contributed by atoms with Crippen LogP contribution in [-0.4, -0.2) is 36.6 Å². The SMILES string of the molecule is C#Cc1cccc2sc(NC(=O)c3c(F)cc(N4CCNCC4CC)cc3F)nc12. The molecule has 5 nitrogen and oxygen atoms in total. The molecular weight excluding hydrogens is 406 g/mol. The Balaban J connectivity index is 1.61. The van der Waals surface area contributed by atoms with Crippen LogP contribution in [0.4, 0.5) is 19.6 Å². The number of anilines is 2. The zero-order chi connectivity index (χ0) is 21.3. The number of terminal acetylenes is 1. The average Bonchev–Trinajstić information content (AvgIpc) is 3.15. The van der Waals surface area contributed by atoms with Gasteiger partial charge in [0.15, 0.2) is 5.13 Å². The first-order valence-electron chi connectivity index (χ1n) is 9.65. The number of fused-ring (bicyclic) bond motifs is 1. The van der Waals surface area contributed by atoms with Crippen LogP contribution in [0, 0.1) is 24.0 Å². The van der Waals surface area contributed by atoms with E-state index in [2.05, 4.69) is 21.5 Å². The normalized spacial score (nSPS) is 16.5. The Kier molecular flexibility index (Phi) is 5.66. The molecule has 1 aromatic heterocycles. The molecule has 0 aliphatic carbocycles. The van der Waals surface area contributed by atoms with E-state index in [1.807, 2.05) is 17.9 Å². The standard InChI is InChI=1S/C22H20F2N4OS/c1-3-13-6-5-7-18-20(13)26-22(30-18)27-21(29)19-16(23)10-15(11-17(19)24)28-9-8-25-12-14(28)4-2/h1,5-7,10-11,14,25H,4,8-9,12H2,2H3,(H,26,27,29). The van der Waals surface area contributed by atoms with E-state index in [1.54, 1.807) is 12.1 Å². The number of thiazole rings is 1. The number of hydrogen-bond acceptors (Lipinski definition) is 5. The first-order valence-corrected chi connectivity index (χ1v) is 10.5.